The van der Waals surface area contributed by atoms with E-state index in [9.17, 15) is 5.11 Å². The van der Waals surface area contributed by atoms with Crippen LogP contribution in [0, 0.1) is 0 Å². The lowest BCUT2D eigenvalue weighted by atomic mass is 9.90. The molecule has 150 valence electrons. The number of ether oxygens (including phenoxy) is 1. The number of aryl methyl sites for hydroxylation is 1. The second-order valence-corrected chi connectivity index (χ2v) is 8.57. The van der Waals surface area contributed by atoms with Crippen molar-refractivity contribution in [1.82, 2.24) is 0 Å². The van der Waals surface area contributed by atoms with Crippen LogP contribution in [0.1, 0.15) is 51.7 Å². The molecule has 28 heavy (non-hydrogen) atoms. The van der Waals surface area contributed by atoms with Crippen LogP contribution in [0.15, 0.2) is 36.4 Å². The summed E-state index contributed by atoms with van der Waals surface area (Å²) in [5.41, 5.74) is 4.85. The molecule has 2 aliphatic heterocycles. The van der Waals surface area contributed by atoms with Gasteiger partial charge in [0.15, 0.2) is 6.23 Å². The molecule has 2 aromatic rings. The summed E-state index contributed by atoms with van der Waals surface area (Å²) in [6.45, 7) is 9.90. The fraction of sp³-hybridized carbons (Fsp3) is 0.500. The second-order valence-electron chi connectivity index (χ2n) is 8.57. The summed E-state index contributed by atoms with van der Waals surface area (Å²) in [6, 6.07) is 13.3. The van der Waals surface area contributed by atoms with E-state index in [4.69, 9.17) is 4.74 Å². The number of phenolic OH excluding ortho intramolecular Hbond substituents is 1. The lowest BCUT2D eigenvalue weighted by molar-refractivity contribution is 0.176. The van der Waals surface area contributed by atoms with E-state index in [1.54, 1.807) is 0 Å². The number of hydrogen-bond donors (Lipinski definition) is 1. The Hall–Kier alpha value is -2.36. The number of phenols is 1. The maximum atomic E-state index is 10.3. The van der Waals surface area contributed by atoms with Crippen LogP contribution in [0.3, 0.4) is 0 Å². The van der Waals surface area contributed by atoms with E-state index in [0.29, 0.717) is 17.8 Å². The molecule has 2 aliphatic rings. The predicted molar refractivity (Wildman–Crippen MR) is 116 cm³/mol. The van der Waals surface area contributed by atoms with Crippen molar-refractivity contribution >= 4 is 11.4 Å². The average Bonchev–Trinajstić information content (AvgIpc) is 2.66. The minimum Gasteiger partial charge on any atom is -0.508 e. The van der Waals surface area contributed by atoms with Crippen molar-refractivity contribution in [3.8, 4) is 11.5 Å². The molecule has 4 nitrogen and oxygen atoms in total. The average molecular weight is 381 g/mol. The Kier molecular flexibility index (Phi) is 5.13. The summed E-state index contributed by atoms with van der Waals surface area (Å²) >= 11 is 0. The smallest absolute Gasteiger partial charge is 0.172 e. The van der Waals surface area contributed by atoms with E-state index < -0.39 is 0 Å². The van der Waals surface area contributed by atoms with Crippen molar-refractivity contribution in [2.75, 3.05) is 16.3 Å². The molecule has 0 aromatic heterocycles. The van der Waals surface area contributed by atoms with Crippen LogP contribution in [0.5, 0.6) is 11.5 Å². The molecule has 2 heterocycles. The third kappa shape index (κ3) is 3.41. The van der Waals surface area contributed by atoms with Gasteiger partial charge in [-0.05, 0) is 70.7 Å². The van der Waals surface area contributed by atoms with Crippen molar-refractivity contribution in [1.29, 1.82) is 0 Å². The zero-order chi connectivity index (χ0) is 19.8. The number of benzene rings is 2. The third-order valence-electron chi connectivity index (χ3n) is 5.96. The van der Waals surface area contributed by atoms with Gasteiger partial charge in [-0.2, -0.15) is 0 Å². The van der Waals surface area contributed by atoms with Gasteiger partial charge in [0.1, 0.15) is 11.5 Å². The molecule has 0 spiro atoms. The van der Waals surface area contributed by atoms with Crippen molar-refractivity contribution < 1.29 is 9.84 Å². The molecule has 0 amide bonds. The maximum absolute atomic E-state index is 10.3. The van der Waals surface area contributed by atoms with Crippen molar-refractivity contribution in [2.24, 2.45) is 0 Å². The molecule has 1 unspecified atom stereocenters. The molecule has 4 rings (SSSR count). The molecule has 0 saturated carbocycles. The first-order chi connectivity index (χ1) is 13.5. The monoisotopic (exact) mass is 380 g/mol. The number of rotatable bonds is 5. The fourth-order valence-electron chi connectivity index (χ4n) is 4.93. The largest absolute Gasteiger partial charge is 0.508 e. The lowest BCUT2D eigenvalue weighted by Crippen LogP contribution is -2.46. The molecule has 0 radical (unpaired) electrons. The second kappa shape index (κ2) is 7.57. The Labute approximate surface area is 168 Å². The van der Waals surface area contributed by atoms with Gasteiger partial charge in [-0.25, -0.2) is 0 Å². The highest BCUT2D eigenvalue weighted by molar-refractivity contribution is 5.67. The van der Waals surface area contributed by atoms with Crippen molar-refractivity contribution in [2.45, 2.75) is 71.7 Å². The highest BCUT2D eigenvalue weighted by atomic mass is 16.5. The predicted octanol–water partition coefficient (Wildman–Crippen LogP) is 5.12. The summed E-state index contributed by atoms with van der Waals surface area (Å²) in [7, 11) is 0. The minimum absolute atomic E-state index is 0.0233. The molecule has 1 atom stereocenters. The Bertz CT molecular complexity index is 838. The van der Waals surface area contributed by atoms with Gasteiger partial charge in [0.25, 0.3) is 0 Å². The van der Waals surface area contributed by atoms with Crippen LogP contribution in [0.4, 0.5) is 11.4 Å². The van der Waals surface area contributed by atoms with Crippen molar-refractivity contribution in [3.05, 3.63) is 47.5 Å². The molecule has 0 fully saturated rings. The maximum Gasteiger partial charge on any atom is 0.172 e. The number of anilines is 2. The zero-order valence-electron chi connectivity index (χ0n) is 17.5. The third-order valence-corrected chi connectivity index (χ3v) is 5.96. The van der Waals surface area contributed by atoms with Gasteiger partial charge >= 0.3 is 0 Å². The molecule has 2 aromatic carbocycles. The molecular formula is C24H32N2O2. The van der Waals surface area contributed by atoms with Gasteiger partial charge in [-0.1, -0.05) is 12.1 Å². The van der Waals surface area contributed by atoms with Crippen LogP contribution < -0.4 is 14.5 Å². The summed E-state index contributed by atoms with van der Waals surface area (Å²) in [5, 5.41) is 10.3. The first kappa shape index (κ1) is 19.0. The lowest BCUT2D eigenvalue weighted by Gasteiger charge is -2.42. The summed E-state index contributed by atoms with van der Waals surface area (Å²) < 4.78 is 6.51. The topological polar surface area (TPSA) is 35.9 Å². The van der Waals surface area contributed by atoms with E-state index in [-0.39, 0.29) is 6.23 Å². The van der Waals surface area contributed by atoms with Crippen molar-refractivity contribution in [3.63, 3.8) is 0 Å². The van der Waals surface area contributed by atoms with Gasteiger partial charge in [-0.3, -0.25) is 0 Å². The van der Waals surface area contributed by atoms with Crippen LogP contribution in [-0.2, 0) is 12.8 Å². The molecule has 0 saturated heterocycles. The van der Waals surface area contributed by atoms with Crippen LogP contribution in [-0.4, -0.2) is 30.0 Å². The molecular weight excluding hydrogens is 348 g/mol. The van der Waals surface area contributed by atoms with Crippen LogP contribution in [0.25, 0.3) is 0 Å². The summed E-state index contributed by atoms with van der Waals surface area (Å²) in [4.78, 5) is 4.78. The van der Waals surface area contributed by atoms with E-state index in [1.165, 1.54) is 16.9 Å². The SMILES string of the molecule is CC(C)N(c1cccc(OC2CCc3ccc(O)c4c3N2CCC4)c1)C(C)C. The normalized spacial score (nSPS) is 18.4. The zero-order valence-corrected chi connectivity index (χ0v) is 17.5. The Morgan fingerprint density at radius 3 is 2.61 bits per heavy atom. The quantitative estimate of drug-likeness (QED) is 0.781. The van der Waals surface area contributed by atoms with Gasteiger partial charge in [0.05, 0.1) is 0 Å². The molecule has 4 heteroatoms. The summed E-state index contributed by atoms with van der Waals surface area (Å²) in [6.07, 6.45) is 3.99. The first-order valence-electron chi connectivity index (χ1n) is 10.6. The highest BCUT2D eigenvalue weighted by Crippen LogP contribution is 2.42. The van der Waals surface area contributed by atoms with E-state index in [1.807, 2.05) is 6.07 Å². The van der Waals surface area contributed by atoms with E-state index in [0.717, 1.165) is 43.5 Å². The Balaban J connectivity index is 1.60. The van der Waals surface area contributed by atoms with E-state index >= 15 is 0 Å². The fourth-order valence-corrected chi connectivity index (χ4v) is 4.93. The number of nitrogens with zero attached hydrogens (tertiary/aromatic N) is 2. The highest BCUT2D eigenvalue weighted by Gasteiger charge is 2.33. The van der Waals surface area contributed by atoms with Gasteiger partial charge in [0.2, 0.25) is 0 Å². The first-order valence-corrected chi connectivity index (χ1v) is 10.6. The molecule has 1 N–H and O–H groups in total. The van der Waals surface area contributed by atoms with Gasteiger partial charge in [-0.15, -0.1) is 0 Å². The van der Waals surface area contributed by atoms with E-state index in [2.05, 4.69) is 67.8 Å². The Morgan fingerprint density at radius 1 is 1.07 bits per heavy atom. The van der Waals surface area contributed by atoms with Gasteiger partial charge < -0.3 is 19.6 Å². The number of hydrogen-bond acceptors (Lipinski definition) is 4. The molecule has 0 aliphatic carbocycles. The molecule has 0 bridgehead atoms. The summed E-state index contributed by atoms with van der Waals surface area (Å²) in [5.74, 6) is 1.35. The standard InChI is InChI=1S/C24H32N2O2/c1-16(2)26(17(3)4)19-7-5-8-20(15-19)28-23-13-11-18-10-12-22(27)21-9-6-14-25(23)24(18)21/h5,7-8,10,12,15-17,23,27H,6,9,11,13-14H2,1-4H3. The number of aromatic hydroxyl groups is 1. The Morgan fingerprint density at radius 2 is 1.86 bits per heavy atom. The van der Waals surface area contributed by atoms with Crippen LogP contribution >= 0.6 is 0 Å². The van der Waals surface area contributed by atoms with Gasteiger partial charge in [0, 0.05) is 48.1 Å². The van der Waals surface area contributed by atoms with Crippen LogP contribution in [0.2, 0.25) is 0 Å². The minimum atomic E-state index is 0.0233.